The van der Waals surface area contributed by atoms with E-state index in [0.29, 0.717) is 18.5 Å². The Morgan fingerprint density at radius 1 is 1.38 bits per heavy atom. The molecule has 21 heavy (non-hydrogen) atoms. The maximum Gasteiger partial charge on any atom is 0.323 e. The summed E-state index contributed by atoms with van der Waals surface area (Å²) >= 11 is 0. The van der Waals surface area contributed by atoms with Gasteiger partial charge >= 0.3 is 12.0 Å². The Labute approximate surface area is 127 Å². The molecule has 2 amide bonds. The normalized spacial score (nSPS) is 19.8. The van der Waals surface area contributed by atoms with Crippen LogP contribution in [0.25, 0.3) is 0 Å². The molecule has 1 heterocycles. The number of likely N-dealkylation sites (tertiary alicyclic amines) is 1. The highest BCUT2D eigenvalue weighted by Gasteiger charge is 2.30. The van der Waals surface area contributed by atoms with Crippen molar-refractivity contribution < 1.29 is 14.7 Å². The van der Waals surface area contributed by atoms with Crippen LogP contribution in [0.5, 0.6) is 0 Å². The fourth-order valence-corrected chi connectivity index (χ4v) is 2.57. The number of amides is 2. The lowest BCUT2D eigenvalue weighted by atomic mass is 10.1. The summed E-state index contributed by atoms with van der Waals surface area (Å²) in [6, 6.07) is 0.233. The van der Waals surface area contributed by atoms with Crippen LogP contribution in [-0.2, 0) is 4.79 Å². The molecule has 122 valence electrons. The Morgan fingerprint density at radius 3 is 2.43 bits per heavy atom. The van der Waals surface area contributed by atoms with Crippen molar-refractivity contribution in [2.24, 2.45) is 5.92 Å². The molecule has 0 aliphatic carbocycles. The zero-order chi connectivity index (χ0) is 16.2. The molecule has 0 radical (unpaired) electrons. The summed E-state index contributed by atoms with van der Waals surface area (Å²) in [5.74, 6) is -0.546. The van der Waals surface area contributed by atoms with Crippen LogP contribution < -0.4 is 5.32 Å². The average molecular weight is 299 g/mol. The van der Waals surface area contributed by atoms with E-state index < -0.39 is 11.5 Å². The fraction of sp³-hybridized carbons (Fsp3) is 0.867. The van der Waals surface area contributed by atoms with Gasteiger partial charge in [0.1, 0.15) is 6.54 Å². The number of hydrogen-bond acceptors (Lipinski definition) is 3. The highest BCUT2D eigenvalue weighted by atomic mass is 16.4. The van der Waals surface area contributed by atoms with Crippen molar-refractivity contribution in [3.05, 3.63) is 0 Å². The van der Waals surface area contributed by atoms with Gasteiger partial charge in [-0.3, -0.25) is 4.79 Å². The topological polar surface area (TPSA) is 72.9 Å². The molecule has 1 unspecified atom stereocenters. The number of carbonyl (C=O) groups excluding carboxylic acids is 1. The first-order chi connectivity index (χ1) is 9.61. The standard InChI is InChI=1S/C15H29N3O3/c1-11(2)17-7-6-12(9-17)8-16-14(21)18(10-13(19)20)15(3,4)5/h11-12H,6-10H2,1-5H3,(H,16,21)(H,19,20). The van der Waals surface area contributed by atoms with Gasteiger partial charge in [0.2, 0.25) is 0 Å². The van der Waals surface area contributed by atoms with Gasteiger partial charge in [-0.25, -0.2) is 4.79 Å². The van der Waals surface area contributed by atoms with Crippen molar-refractivity contribution >= 4 is 12.0 Å². The second-order valence-corrected chi connectivity index (χ2v) is 7.08. The van der Waals surface area contributed by atoms with Gasteiger partial charge in [0.15, 0.2) is 0 Å². The number of hydrogen-bond donors (Lipinski definition) is 2. The van der Waals surface area contributed by atoms with Gasteiger partial charge in [0, 0.05) is 24.7 Å². The number of carboxylic acid groups (broad SMARTS) is 1. The molecular formula is C15H29N3O3. The first-order valence-electron chi connectivity index (χ1n) is 7.62. The first-order valence-corrected chi connectivity index (χ1v) is 7.62. The zero-order valence-electron chi connectivity index (χ0n) is 13.8. The fourth-order valence-electron chi connectivity index (χ4n) is 2.57. The number of urea groups is 1. The number of carboxylic acids is 1. The van der Waals surface area contributed by atoms with E-state index in [1.165, 1.54) is 4.90 Å². The molecule has 6 nitrogen and oxygen atoms in total. The molecule has 0 saturated carbocycles. The summed E-state index contributed by atoms with van der Waals surface area (Å²) in [4.78, 5) is 26.9. The molecule has 0 aromatic rings. The molecule has 0 aromatic heterocycles. The van der Waals surface area contributed by atoms with Crippen LogP contribution in [0.1, 0.15) is 41.0 Å². The van der Waals surface area contributed by atoms with E-state index in [0.717, 1.165) is 19.5 Å². The third kappa shape index (κ3) is 5.53. The number of aliphatic carboxylic acids is 1. The van der Waals surface area contributed by atoms with Crippen LogP contribution in [0.15, 0.2) is 0 Å². The van der Waals surface area contributed by atoms with Crippen molar-refractivity contribution in [3.63, 3.8) is 0 Å². The Balaban J connectivity index is 2.49. The van der Waals surface area contributed by atoms with E-state index >= 15 is 0 Å². The Kier molecular flexibility index (Phi) is 6.01. The summed E-state index contributed by atoms with van der Waals surface area (Å²) in [7, 11) is 0. The summed E-state index contributed by atoms with van der Waals surface area (Å²) < 4.78 is 0. The van der Waals surface area contributed by atoms with Crippen LogP contribution in [0.2, 0.25) is 0 Å². The van der Waals surface area contributed by atoms with Crippen LogP contribution in [-0.4, -0.2) is 64.7 Å². The monoisotopic (exact) mass is 299 g/mol. The Morgan fingerprint density at radius 2 is 2.00 bits per heavy atom. The van der Waals surface area contributed by atoms with Gasteiger partial charge < -0.3 is 20.2 Å². The predicted molar refractivity (Wildman–Crippen MR) is 82.3 cm³/mol. The summed E-state index contributed by atoms with van der Waals surface area (Å²) in [5.41, 5.74) is -0.512. The quantitative estimate of drug-likeness (QED) is 0.809. The second kappa shape index (κ2) is 7.11. The summed E-state index contributed by atoms with van der Waals surface area (Å²) in [5, 5.41) is 11.8. The van der Waals surface area contributed by atoms with Crippen molar-refractivity contribution in [1.82, 2.24) is 15.1 Å². The summed E-state index contributed by atoms with van der Waals surface area (Å²) in [6.07, 6.45) is 1.08. The zero-order valence-corrected chi connectivity index (χ0v) is 13.8. The predicted octanol–water partition coefficient (Wildman–Crippen LogP) is 1.61. The minimum absolute atomic E-state index is 0.280. The van der Waals surface area contributed by atoms with Crippen LogP contribution in [0.3, 0.4) is 0 Å². The molecule has 6 heteroatoms. The Hall–Kier alpha value is -1.30. The third-order valence-electron chi connectivity index (χ3n) is 3.94. The van der Waals surface area contributed by atoms with Gasteiger partial charge in [0.05, 0.1) is 0 Å². The van der Waals surface area contributed by atoms with E-state index in [1.807, 2.05) is 20.8 Å². The van der Waals surface area contributed by atoms with E-state index in [4.69, 9.17) is 5.11 Å². The molecule has 0 bridgehead atoms. The number of carbonyl (C=O) groups is 2. The lowest BCUT2D eigenvalue weighted by molar-refractivity contribution is -0.138. The number of rotatable bonds is 5. The molecule has 0 aromatic carbocycles. The molecule has 1 aliphatic rings. The highest BCUT2D eigenvalue weighted by Crippen LogP contribution is 2.18. The number of nitrogens with one attached hydrogen (secondary N) is 1. The largest absolute Gasteiger partial charge is 0.480 e. The molecule has 1 saturated heterocycles. The van der Waals surface area contributed by atoms with Crippen molar-refractivity contribution in [2.45, 2.75) is 52.6 Å². The highest BCUT2D eigenvalue weighted by molar-refractivity contribution is 5.80. The van der Waals surface area contributed by atoms with E-state index in [-0.39, 0.29) is 12.6 Å². The smallest absolute Gasteiger partial charge is 0.323 e. The molecular weight excluding hydrogens is 270 g/mol. The second-order valence-electron chi connectivity index (χ2n) is 7.08. The van der Waals surface area contributed by atoms with Gasteiger partial charge in [-0.2, -0.15) is 0 Å². The van der Waals surface area contributed by atoms with E-state index in [2.05, 4.69) is 24.1 Å². The van der Waals surface area contributed by atoms with Crippen LogP contribution in [0, 0.1) is 5.92 Å². The first kappa shape index (κ1) is 17.8. The van der Waals surface area contributed by atoms with Crippen molar-refractivity contribution in [2.75, 3.05) is 26.2 Å². The molecule has 1 rings (SSSR count). The van der Waals surface area contributed by atoms with Gasteiger partial charge in [-0.1, -0.05) is 0 Å². The SMILES string of the molecule is CC(C)N1CCC(CNC(=O)N(CC(=O)O)C(C)(C)C)C1. The third-order valence-corrected chi connectivity index (χ3v) is 3.94. The van der Waals surface area contributed by atoms with Gasteiger partial charge in [-0.05, 0) is 53.5 Å². The minimum Gasteiger partial charge on any atom is -0.480 e. The molecule has 1 atom stereocenters. The summed E-state index contributed by atoms with van der Waals surface area (Å²) in [6.45, 7) is 12.3. The van der Waals surface area contributed by atoms with E-state index in [1.54, 1.807) is 0 Å². The Bertz CT molecular complexity index is 377. The van der Waals surface area contributed by atoms with Gasteiger partial charge in [0.25, 0.3) is 0 Å². The number of nitrogens with zero attached hydrogens (tertiary/aromatic N) is 2. The van der Waals surface area contributed by atoms with Crippen molar-refractivity contribution in [3.8, 4) is 0 Å². The average Bonchev–Trinajstić information content (AvgIpc) is 2.80. The maximum absolute atomic E-state index is 12.2. The van der Waals surface area contributed by atoms with Crippen LogP contribution in [0.4, 0.5) is 4.79 Å². The molecule has 2 N–H and O–H groups in total. The molecule has 0 spiro atoms. The van der Waals surface area contributed by atoms with Crippen LogP contribution >= 0.6 is 0 Å². The van der Waals surface area contributed by atoms with E-state index in [9.17, 15) is 9.59 Å². The van der Waals surface area contributed by atoms with Gasteiger partial charge in [-0.15, -0.1) is 0 Å². The maximum atomic E-state index is 12.2. The lowest BCUT2D eigenvalue weighted by Crippen LogP contribution is -2.53. The molecule has 1 fully saturated rings. The lowest BCUT2D eigenvalue weighted by Gasteiger charge is -2.34. The van der Waals surface area contributed by atoms with Crippen molar-refractivity contribution in [1.29, 1.82) is 0 Å². The molecule has 1 aliphatic heterocycles. The minimum atomic E-state index is -0.994.